The van der Waals surface area contributed by atoms with Crippen molar-refractivity contribution < 1.29 is 9.13 Å². The summed E-state index contributed by atoms with van der Waals surface area (Å²) >= 11 is 6.38. The lowest BCUT2D eigenvalue weighted by atomic mass is 10.0. The van der Waals surface area contributed by atoms with Crippen LogP contribution in [-0.2, 0) is 6.42 Å². The average Bonchev–Trinajstić information content (AvgIpc) is 3.01. The number of pyridine rings is 1. The highest BCUT2D eigenvalue weighted by molar-refractivity contribution is 6.33. The lowest BCUT2D eigenvalue weighted by Gasteiger charge is -2.08. The van der Waals surface area contributed by atoms with Gasteiger partial charge in [-0.15, -0.1) is 0 Å². The molecule has 0 fully saturated rings. The largest absolute Gasteiger partial charge is 0.493 e. The van der Waals surface area contributed by atoms with Gasteiger partial charge in [0.2, 0.25) is 0 Å². The molecule has 0 saturated carbocycles. The number of hydrogen-bond donors (Lipinski definition) is 0. The van der Waals surface area contributed by atoms with Crippen molar-refractivity contribution in [3.8, 4) is 28.1 Å². The minimum absolute atomic E-state index is 0.396. The average molecular weight is 325 g/mol. The minimum atomic E-state index is -0.396. The van der Waals surface area contributed by atoms with E-state index >= 15 is 0 Å². The van der Waals surface area contributed by atoms with Crippen molar-refractivity contribution in [3.63, 3.8) is 0 Å². The Morgan fingerprint density at radius 2 is 2.04 bits per heavy atom. The molecular weight excluding hydrogens is 313 g/mol. The van der Waals surface area contributed by atoms with E-state index in [1.54, 1.807) is 18.3 Å². The summed E-state index contributed by atoms with van der Waals surface area (Å²) in [6.45, 7) is 0.697. The van der Waals surface area contributed by atoms with Crippen LogP contribution in [0.3, 0.4) is 0 Å². The molecule has 4 rings (SSSR count). The van der Waals surface area contributed by atoms with Crippen LogP contribution in [0.15, 0.2) is 48.7 Å². The fraction of sp³-hybridized carbons (Fsp3) is 0.105. The summed E-state index contributed by atoms with van der Waals surface area (Å²) in [6, 6.07) is 14.9. The molecule has 0 saturated heterocycles. The summed E-state index contributed by atoms with van der Waals surface area (Å²) in [6.07, 6.45) is 2.63. The van der Waals surface area contributed by atoms with Crippen molar-refractivity contribution >= 4 is 11.6 Å². The Kier molecular flexibility index (Phi) is 3.50. The summed E-state index contributed by atoms with van der Waals surface area (Å²) in [7, 11) is 0. The monoisotopic (exact) mass is 324 g/mol. The molecule has 0 amide bonds. The van der Waals surface area contributed by atoms with Gasteiger partial charge < -0.3 is 4.74 Å². The second-order valence-corrected chi connectivity index (χ2v) is 5.80. The third-order valence-corrected chi connectivity index (χ3v) is 4.23. The zero-order valence-corrected chi connectivity index (χ0v) is 12.9. The lowest BCUT2D eigenvalue weighted by Crippen LogP contribution is -1.88. The molecule has 0 spiro atoms. The first kappa shape index (κ1) is 14.2. The third kappa shape index (κ3) is 2.68. The van der Waals surface area contributed by atoms with Gasteiger partial charge in [0.05, 0.1) is 12.3 Å². The molecule has 0 bridgehead atoms. The normalized spacial score (nSPS) is 12.8. The maximum Gasteiger partial charge on any atom is 0.131 e. The molecule has 0 unspecified atom stereocenters. The maximum absolute atomic E-state index is 13.3. The van der Waals surface area contributed by atoms with Gasteiger partial charge in [0.25, 0.3) is 0 Å². The maximum atomic E-state index is 13.3. The SMILES string of the molecule is Fc1[c]ccc(-c2ccc(-c3cc4c(cc3Cl)CCO4)cn2)c1. The Bertz CT molecular complexity index is 877. The smallest absolute Gasteiger partial charge is 0.131 e. The fourth-order valence-electron chi connectivity index (χ4n) is 2.74. The molecule has 23 heavy (non-hydrogen) atoms. The molecule has 113 valence electrons. The zero-order valence-electron chi connectivity index (χ0n) is 12.1. The van der Waals surface area contributed by atoms with E-state index in [-0.39, 0.29) is 0 Å². The predicted molar refractivity (Wildman–Crippen MR) is 88.1 cm³/mol. The number of aromatic nitrogens is 1. The van der Waals surface area contributed by atoms with Crippen LogP contribution in [-0.4, -0.2) is 11.6 Å². The van der Waals surface area contributed by atoms with E-state index in [1.165, 1.54) is 6.07 Å². The van der Waals surface area contributed by atoms with Crippen molar-refractivity contribution in [1.82, 2.24) is 4.98 Å². The number of ether oxygens (including phenoxy) is 1. The second-order valence-electron chi connectivity index (χ2n) is 5.40. The van der Waals surface area contributed by atoms with E-state index in [0.717, 1.165) is 34.4 Å². The molecule has 0 atom stereocenters. The van der Waals surface area contributed by atoms with Crippen molar-refractivity contribution in [2.75, 3.05) is 6.61 Å². The zero-order chi connectivity index (χ0) is 15.8. The predicted octanol–water partition coefficient (Wildman–Crippen LogP) is 4.94. The van der Waals surface area contributed by atoms with Gasteiger partial charge in [0.15, 0.2) is 0 Å². The van der Waals surface area contributed by atoms with E-state index < -0.39 is 5.82 Å². The molecular formula is C19H12ClFNO. The van der Waals surface area contributed by atoms with Gasteiger partial charge in [-0.05, 0) is 29.8 Å². The van der Waals surface area contributed by atoms with E-state index in [1.807, 2.05) is 24.3 Å². The van der Waals surface area contributed by atoms with Gasteiger partial charge in [0.1, 0.15) is 11.6 Å². The quantitative estimate of drug-likeness (QED) is 0.666. The lowest BCUT2D eigenvalue weighted by molar-refractivity contribution is 0.357. The first-order valence-electron chi connectivity index (χ1n) is 7.30. The molecule has 2 aromatic carbocycles. The van der Waals surface area contributed by atoms with Crippen molar-refractivity contribution in [3.05, 3.63) is 71.1 Å². The van der Waals surface area contributed by atoms with Gasteiger partial charge in [-0.3, -0.25) is 4.98 Å². The van der Waals surface area contributed by atoms with Crippen molar-refractivity contribution in [2.24, 2.45) is 0 Å². The molecule has 0 N–H and O–H groups in total. The van der Waals surface area contributed by atoms with Crippen molar-refractivity contribution in [1.29, 1.82) is 0 Å². The Morgan fingerprint density at radius 3 is 2.83 bits per heavy atom. The summed E-state index contributed by atoms with van der Waals surface area (Å²) in [4.78, 5) is 4.42. The van der Waals surface area contributed by atoms with Crippen molar-refractivity contribution in [2.45, 2.75) is 6.42 Å². The number of nitrogens with zero attached hydrogens (tertiary/aromatic N) is 1. The molecule has 1 aliphatic rings. The minimum Gasteiger partial charge on any atom is -0.493 e. The number of halogens is 2. The summed E-state index contributed by atoms with van der Waals surface area (Å²) in [5.74, 6) is 0.487. The van der Waals surface area contributed by atoms with Gasteiger partial charge in [-0.25, -0.2) is 4.39 Å². The number of fused-ring (bicyclic) bond motifs is 1. The molecule has 2 nitrogen and oxygen atoms in total. The van der Waals surface area contributed by atoms with Gasteiger partial charge in [-0.2, -0.15) is 0 Å². The topological polar surface area (TPSA) is 22.1 Å². The highest BCUT2D eigenvalue weighted by Crippen LogP contribution is 2.37. The molecule has 1 radical (unpaired) electrons. The van der Waals surface area contributed by atoms with Gasteiger partial charge >= 0.3 is 0 Å². The highest BCUT2D eigenvalue weighted by Gasteiger charge is 2.16. The second kappa shape index (κ2) is 5.67. The molecule has 3 aromatic rings. The van der Waals surface area contributed by atoms with Crippen LogP contribution in [0.4, 0.5) is 4.39 Å². The summed E-state index contributed by atoms with van der Waals surface area (Å²) in [5.41, 5.74) is 4.35. The van der Waals surface area contributed by atoms with Crippen LogP contribution in [0.2, 0.25) is 5.02 Å². The van der Waals surface area contributed by atoms with Crippen LogP contribution >= 0.6 is 11.6 Å². The molecule has 0 aliphatic carbocycles. The summed E-state index contributed by atoms with van der Waals surface area (Å²) < 4.78 is 18.9. The van der Waals surface area contributed by atoms with E-state index in [4.69, 9.17) is 16.3 Å². The molecule has 4 heteroatoms. The van der Waals surface area contributed by atoms with Crippen LogP contribution in [0.1, 0.15) is 5.56 Å². The Balaban J connectivity index is 1.71. The van der Waals surface area contributed by atoms with Gasteiger partial charge in [0, 0.05) is 40.4 Å². The van der Waals surface area contributed by atoms with Gasteiger partial charge in [-0.1, -0.05) is 29.8 Å². The fourth-order valence-corrected chi connectivity index (χ4v) is 3.03. The Morgan fingerprint density at radius 1 is 1.13 bits per heavy atom. The third-order valence-electron chi connectivity index (χ3n) is 3.92. The van der Waals surface area contributed by atoms with Crippen LogP contribution in [0, 0.1) is 11.9 Å². The van der Waals surface area contributed by atoms with Crippen LogP contribution in [0.25, 0.3) is 22.4 Å². The molecule has 2 heterocycles. The Labute approximate surface area is 138 Å². The van der Waals surface area contributed by atoms with Crippen LogP contribution < -0.4 is 4.74 Å². The number of rotatable bonds is 2. The standard InChI is InChI=1S/C19H12ClFNO/c20-17-9-13-6-7-23-19(13)10-16(17)14-4-5-18(22-11-14)12-2-1-3-15(21)8-12/h1-2,4-5,8-11H,6-7H2. The first-order valence-corrected chi connectivity index (χ1v) is 7.68. The highest BCUT2D eigenvalue weighted by atomic mass is 35.5. The first-order chi connectivity index (χ1) is 11.2. The Hall–Kier alpha value is -2.39. The molecule has 1 aliphatic heterocycles. The van der Waals surface area contributed by atoms with E-state index in [9.17, 15) is 4.39 Å². The van der Waals surface area contributed by atoms with E-state index in [0.29, 0.717) is 17.3 Å². The van der Waals surface area contributed by atoms with Crippen LogP contribution in [0.5, 0.6) is 5.75 Å². The molecule has 1 aromatic heterocycles. The number of benzene rings is 2. The summed E-state index contributed by atoms with van der Waals surface area (Å²) in [5, 5.41) is 0.684. The number of hydrogen-bond acceptors (Lipinski definition) is 2. The van der Waals surface area contributed by atoms with E-state index in [2.05, 4.69) is 11.1 Å².